The number of hydrogen-bond donors (Lipinski definition) is 1. The molecule has 0 heterocycles. The predicted octanol–water partition coefficient (Wildman–Crippen LogP) is 1.10. The zero-order valence-electron chi connectivity index (χ0n) is 9.82. The quantitative estimate of drug-likeness (QED) is 0.628. The maximum absolute atomic E-state index is 11.0. The molecule has 4 nitrogen and oxygen atoms in total. The van der Waals surface area contributed by atoms with Crippen LogP contribution in [-0.4, -0.2) is 24.8 Å². The van der Waals surface area contributed by atoms with Crippen LogP contribution in [0, 0.1) is 11.8 Å². The summed E-state index contributed by atoms with van der Waals surface area (Å²) in [6, 6.07) is 5.08. The zero-order valence-corrected chi connectivity index (χ0v) is 9.82. The molecule has 1 N–H and O–H groups in total. The van der Waals surface area contributed by atoms with E-state index in [-0.39, 0.29) is 6.61 Å². The summed E-state index contributed by atoms with van der Waals surface area (Å²) in [6.07, 6.45) is 0. The van der Waals surface area contributed by atoms with E-state index in [1.807, 2.05) is 0 Å². The van der Waals surface area contributed by atoms with Gasteiger partial charge in [0, 0.05) is 17.0 Å². The molecule has 0 amide bonds. The van der Waals surface area contributed by atoms with Crippen LogP contribution in [0.25, 0.3) is 0 Å². The molecule has 0 aliphatic rings. The maximum Gasteiger partial charge on any atom is 0.384 e. The topological polar surface area (TPSA) is 55.8 Å². The molecule has 90 valence electrons. The fourth-order valence-corrected chi connectivity index (χ4v) is 1.24. The average molecular weight is 234 g/mol. The average Bonchev–Trinajstić information content (AvgIpc) is 2.36. The van der Waals surface area contributed by atoms with Crippen LogP contribution in [0.5, 0.6) is 5.75 Å². The molecule has 0 radical (unpaired) electrons. The first kappa shape index (κ1) is 13.1. The van der Waals surface area contributed by atoms with Gasteiger partial charge in [0.2, 0.25) is 0 Å². The Labute approximate surface area is 100 Å². The van der Waals surface area contributed by atoms with Crippen molar-refractivity contribution in [3.63, 3.8) is 0 Å². The Morgan fingerprint density at radius 2 is 2.24 bits per heavy atom. The highest BCUT2D eigenvalue weighted by Gasteiger charge is 2.02. The van der Waals surface area contributed by atoms with E-state index in [2.05, 4.69) is 16.6 Å². The van der Waals surface area contributed by atoms with Crippen LogP contribution in [0.15, 0.2) is 18.2 Å². The number of methoxy groups -OCH3 is 1. The van der Waals surface area contributed by atoms with Gasteiger partial charge in [-0.3, -0.25) is 0 Å². The standard InChI is InChI=1S/C13H14O4/c1-3-17-13(15)7-5-10-4-6-11(9-14)12(8-10)16-2/h4,6,8,14H,3,9H2,1-2H3. The van der Waals surface area contributed by atoms with Gasteiger partial charge in [0.1, 0.15) is 5.75 Å². The molecule has 1 aromatic rings. The van der Waals surface area contributed by atoms with Gasteiger partial charge < -0.3 is 14.6 Å². The first-order valence-electron chi connectivity index (χ1n) is 5.17. The van der Waals surface area contributed by atoms with E-state index in [9.17, 15) is 4.79 Å². The number of benzene rings is 1. The summed E-state index contributed by atoms with van der Waals surface area (Å²) in [5.74, 6) is 5.02. The maximum atomic E-state index is 11.0. The van der Waals surface area contributed by atoms with Crippen LogP contribution in [0.3, 0.4) is 0 Å². The van der Waals surface area contributed by atoms with Crippen molar-refractivity contribution >= 4 is 5.97 Å². The van der Waals surface area contributed by atoms with Crippen molar-refractivity contribution in [2.45, 2.75) is 13.5 Å². The third-order valence-corrected chi connectivity index (χ3v) is 2.04. The van der Waals surface area contributed by atoms with E-state index < -0.39 is 5.97 Å². The van der Waals surface area contributed by atoms with E-state index in [0.29, 0.717) is 23.5 Å². The monoisotopic (exact) mass is 234 g/mol. The minimum absolute atomic E-state index is 0.102. The molecule has 0 atom stereocenters. The Kier molecular flexibility index (Phi) is 5.05. The van der Waals surface area contributed by atoms with E-state index in [1.54, 1.807) is 25.1 Å². The largest absolute Gasteiger partial charge is 0.496 e. The highest BCUT2D eigenvalue weighted by Crippen LogP contribution is 2.19. The second-order valence-electron chi connectivity index (χ2n) is 3.16. The van der Waals surface area contributed by atoms with E-state index in [4.69, 9.17) is 9.84 Å². The fourth-order valence-electron chi connectivity index (χ4n) is 1.24. The predicted molar refractivity (Wildman–Crippen MR) is 62.4 cm³/mol. The number of aliphatic hydroxyl groups excluding tert-OH is 1. The van der Waals surface area contributed by atoms with E-state index >= 15 is 0 Å². The van der Waals surface area contributed by atoms with Crippen LogP contribution >= 0.6 is 0 Å². The molecule has 17 heavy (non-hydrogen) atoms. The van der Waals surface area contributed by atoms with Crippen LogP contribution < -0.4 is 4.74 Å². The van der Waals surface area contributed by atoms with Crippen molar-refractivity contribution in [2.24, 2.45) is 0 Å². The Hall–Kier alpha value is -1.99. The molecule has 0 fully saturated rings. The van der Waals surface area contributed by atoms with Gasteiger partial charge in [-0.05, 0) is 19.1 Å². The lowest BCUT2D eigenvalue weighted by atomic mass is 10.1. The number of carbonyl (C=O) groups excluding carboxylic acids is 1. The summed E-state index contributed by atoms with van der Waals surface area (Å²) in [5.41, 5.74) is 1.31. The number of carbonyl (C=O) groups is 1. The van der Waals surface area contributed by atoms with Crippen LogP contribution in [0.4, 0.5) is 0 Å². The van der Waals surface area contributed by atoms with Gasteiger partial charge in [0.15, 0.2) is 0 Å². The molecule has 0 aliphatic heterocycles. The van der Waals surface area contributed by atoms with Gasteiger partial charge in [0.05, 0.1) is 20.3 Å². The summed E-state index contributed by atoms with van der Waals surface area (Å²) in [5, 5.41) is 9.04. The number of aliphatic hydroxyl groups is 1. The highest BCUT2D eigenvalue weighted by molar-refractivity contribution is 5.89. The van der Waals surface area contributed by atoms with Crippen molar-refractivity contribution in [1.82, 2.24) is 0 Å². The van der Waals surface area contributed by atoms with Crippen LogP contribution in [0.2, 0.25) is 0 Å². The molecule has 0 saturated carbocycles. The third kappa shape index (κ3) is 3.82. The lowest BCUT2D eigenvalue weighted by molar-refractivity contribution is -0.136. The summed E-state index contributed by atoms with van der Waals surface area (Å²) < 4.78 is 9.77. The highest BCUT2D eigenvalue weighted by atomic mass is 16.5. The Morgan fingerprint density at radius 3 is 2.82 bits per heavy atom. The molecular weight excluding hydrogens is 220 g/mol. The summed E-state index contributed by atoms with van der Waals surface area (Å²) in [6.45, 7) is 1.92. The molecule has 0 bridgehead atoms. The van der Waals surface area contributed by atoms with E-state index in [1.165, 1.54) is 7.11 Å². The second-order valence-corrected chi connectivity index (χ2v) is 3.16. The second kappa shape index (κ2) is 6.56. The van der Waals surface area contributed by atoms with Gasteiger partial charge in [0.25, 0.3) is 0 Å². The zero-order chi connectivity index (χ0) is 12.7. The Balaban J connectivity index is 2.89. The molecule has 4 heteroatoms. The molecule has 0 saturated heterocycles. The molecule has 0 unspecified atom stereocenters. The van der Waals surface area contributed by atoms with Crippen molar-refractivity contribution in [3.8, 4) is 17.6 Å². The van der Waals surface area contributed by atoms with Gasteiger partial charge >= 0.3 is 5.97 Å². The van der Waals surface area contributed by atoms with Crippen molar-refractivity contribution in [1.29, 1.82) is 0 Å². The summed E-state index contributed by atoms with van der Waals surface area (Å²) >= 11 is 0. The van der Waals surface area contributed by atoms with E-state index in [0.717, 1.165) is 0 Å². The molecule has 0 aromatic heterocycles. The Bertz CT molecular complexity index is 454. The van der Waals surface area contributed by atoms with Gasteiger partial charge in [-0.25, -0.2) is 4.79 Å². The van der Waals surface area contributed by atoms with Crippen LogP contribution in [-0.2, 0) is 16.1 Å². The first-order valence-corrected chi connectivity index (χ1v) is 5.17. The molecule has 1 rings (SSSR count). The molecule has 1 aromatic carbocycles. The van der Waals surface area contributed by atoms with Crippen LogP contribution in [0.1, 0.15) is 18.1 Å². The number of ether oxygens (including phenoxy) is 2. The minimum Gasteiger partial charge on any atom is -0.496 e. The first-order chi connectivity index (χ1) is 8.21. The molecule has 0 spiro atoms. The summed E-state index contributed by atoms with van der Waals surface area (Å²) in [4.78, 5) is 11.0. The SMILES string of the molecule is CCOC(=O)C#Cc1ccc(CO)c(OC)c1. The molecular formula is C13H14O4. The smallest absolute Gasteiger partial charge is 0.384 e. The summed E-state index contributed by atoms with van der Waals surface area (Å²) in [7, 11) is 1.51. The fraction of sp³-hybridized carbons (Fsp3) is 0.308. The normalized spacial score (nSPS) is 9.12. The third-order valence-electron chi connectivity index (χ3n) is 2.04. The Morgan fingerprint density at radius 1 is 1.47 bits per heavy atom. The van der Waals surface area contributed by atoms with Crippen molar-refractivity contribution in [2.75, 3.05) is 13.7 Å². The van der Waals surface area contributed by atoms with Gasteiger partial charge in [-0.15, -0.1) is 0 Å². The number of hydrogen-bond acceptors (Lipinski definition) is 4. The van der Waals surface area contributed by atoms with Crippen molar-refractivity contribution in [3.05, 3.63) is 29.3 Å². The molecule has 0 aliphatic carbocycles. The van der Waals surface area contributed by atoms with Gasteiger partial charge in [-0.1, -0.05) is 12.0 Å². The minimum atomic E-state index is -0.558. The van der Waals surface area contributed by atoms with Crippen molar-refractivity contribution < 1.29 is 19.4 Å². The lowest BCUT2D eigenvalue weighted by Crippen LogP contribution is -1.99. The lowest BCUT2D eigenvalue weighted by Gasteiger charge is -2.05. The number of rotatable bonds is 3. The number of esters is 1. The van der Waals surface area contributed by atoms with Gasteiger partial charge in [-0.2, -0.15) is 0 Å².